The average Bonchev–Trinajstić information content (AvgIpc) is 2.29. The van der Waals surface area contributed by atoms with E-state index in [1.54, 1.807) is 7.11 Å². The first-order valence-electron chi connectivity index (χ1n) is 5.64. The van der Waals surface area contributed by atoms with E-state index in [0.717, 1.165) is 30.6 Å². The predicted octanol–water partition coefficient (Wildman–Crippen LogP) is 3.30. The topological polar surface area (TPSA) is 29.5 Å². The fraction of sp³-hybridized carbons (Fsp3) is 0.538. The number of aliphatic hydroxyl groups excluding tert-OH is 1. The van der Waals surface area contributed by atoms with Gasteiger partial charge in [-0.25, -0.2) is 0 Å². The highest BCUT2D eigenvalue weighted by atomic mass is 35.5. The first-order chi connectivity index (χ1) is 7.71. The molecule has 0 fully saturated rings. The van der Waals surface area contributed by atoms with Crippen LogP contribution in [-0.2, 0) is 6.42 Å². The van der Waals surface area contributed by atoms with Crippen molar-refractivity contribution in [3.8, 4) is 5.75 Å². The Morgan fingerprint density at radius 2 is 2.19 bits per heavy atom. The number of rotatable bonds is 6. The van der Waals surface area contributed by atoms with Gasteiger partial charge in [0.25, 0.3) is 0 Å². The van der Waals surface area contributed by atoms with Gasteiger partial charge in [0.15, 0.2) is 0 Å². The van der Waals surface area contributed by atoms with Crippen molar-refractivity contribution in [2.45, 2.75) is 26.2 Å². The lowest BCUT2D eigenvalue weighted by molar-refractivity contribution is 0.216. The second-order valence-electron chi connectivity index (χ2n) is 4.00. The summed E-state index contributed by atoms with van der Waals surface area (Å²) in [5.41, 5.74) is 1.07. The van der Waals surface area contributed by atoms with E-state index in [4.69, 9.17) is 16.3 Å². The Morgan fingerprint density at radius 3 is 2.75 bits per heavy atom. The standard InChI is InChI=1S/C13H19ClO2/c1-3-4-10(9-15)7-11-8-12(14)5-6-13(11)16-2/h5-6,8,10,15H,3-4,7,9H2,1-2H3. The molecule has 1 rings (SSSR count). The van der Waals surface area contributed by atoms with E-state index in [2.05, 4.69) is 6.92 Å². The summed E-state index contributed by atoms with van der Waals surface area (Å²) >= 11 is 5.96. The average molecular weight is 243 g/mol. The van der Waals surface area contributed by atoms with Crippen LogP contribution in [0.25, 0.3) is 0 Å². The molecular weight excluding hydrogens is 224 g/mol. The number of hydrogen-bond donors (Lipinski definition) is 1. The predicted molar refractivity (Wildman–Crippen MR) is 67.2 cm³/mol. The van der Waals surface area contributed by atoms with Crippen LogP contribution in [0.5, 0.6) is 5.75 Å². The van der Waals surface area contributed by atoms with Gasteiger partial charge in [-0.3, -0.25) is 0 Å². The lowest BCUT2D eigenvalue weighted by atomic mass is 9.95. The van der Waals surface area contributed by atoms with E-state index >= 15 is 0 Å². The third-order valence-corrected chi connectivity index (χ3v) is 2.94. The van der Waals surface area contributed by atoms with Crippen molar-refractivity contribution in [2.24, 2.45) is 5.92 Å². The molecule has 2 nitrogen and oxygen atoms in total. The van der Waals surface area contributed by atoms with Gasteiger partial charge >= 0.3 is 0 Å². The molecule has 0 bridgehead atoms. The second kappa shape index (κ2) is 6.77. The molecule has 1 aromatic carbocycles. The fourth-order valence-electron chi connectivity index (χ4n) is 1.88. The van der Waals surface area contributed by atoms with Crippen molar-refractivity contribution >= 4 is 11.6 Å². The minimum absolute atomic E-state index is 0.212. The SMILES string of the molecule is CCCC(CO)Cc1cc(Cl)ccc1OC. The molecule has 0 aliphatic rings. The number of hydrogen-bond acceptors (Lipinski definition) is 2. The Morgan fingerprint density at radius 1 is 1.44 bits per heavy atom. The first-order valence-corrected chi connectivity index (χ1v) is 6.02. The van der Waals surface area contributed by atoms with Crippen molar-refractivity contribution in [2.75, 3.05) is 13.7 Å². The third-order valence-electron chi connectivity index (χ3n) is 2.71. The molecule has 0 saturated heterocycles. The Labute approximate surface area is 102 Å². The highest BCUT2D eigenvalue weighted by Gasteiger charge is 2.11. The quantitative estimate of drug-likeness (QED) is 0.830. The van der Waals surface area contributed by atoms with E-state index in [0.29, 0.717) is 5.02 Å². The van der Waals surface area contributed by atoms with Crippen LogP contribution < -0.4 is 4.74 Å². The molecule has 0 spiro atoms. The molecule has 16 heavy (non-hydrogen) atoms. The zero-order valence-electron chi connectivity index (χ0n) is 9.87. The molecule has 1 atom stereocenters. The molecule has 1 aromatic rings. The molecule has 0 saturated carbocycles. The highest BCUT2D eigenvalue weighted by molar-refractivity contribution is 6.30. The monoisotopic (exact) mass is 242 g/mol. The van der Waals surface area contributed by atoms with Crippen LogP contribution >= 0.6 is 11.6 Å². The van der Waals surface area contributed by atoms with Crippen LogP contribution in [0.2, 0.25) is 5.02 Å². The van der Waals surface area contributed by atoms with E-state index in [1.807, 2.05) is 18.2 Å². The van der Waals surface area contributed by atoms with E-state index < -0.39 is 0 Å². The summed E-state index contributed by atoms with van der Waals surface area (Å²) in [4.78, 5) is 0. The molecule has 3 heteroatoms. The molecule has 0 aromatic heterocycles. The van der Waals surface area contributed by atoms with Gasteiger partial charge < -0.3 is 9.84 Å². The van der Waals surface area contributed by atoms with Gasteiger partial charge in [-0.05, 0) is 42.5 Å². The molecule has 1 unspecified atom stereocenters. The summed E-state index contributed by atoms with van der Waals surface area (Å²) < 4.78 is 5.28. The summed E-state index contributed by atoms with van der Waals surface area (Å²) in [6.07, 6.45) is 2.91. The number of halogens is 1. The van der Waals surface area contributed by atoms with Crippen molar-refractivity contribution in [1.82, 2.24) is 0 Å². The second-order valence-corrected chi connectivity index (χ2v) is 4.43. The number of aliphatic hydroxyl groups is 1. The van der Waals surface area contributed by atoms with E-state index in [-0.39, 0.29) is 12.5 Å². The van der Waals surface area contributed by atoms with Gasteiger partial charge in [-0.15, -0.1) is 0 Å². The van der Waals surface area contributed by atoms with Crippen molar-refractivity contribution in [1.29, 1.82) is 0 Å². The number of methoxy groups -OCH3 is 1. The normalized spacial score (nSPS) is 12.5. The number of benzene rings is 1. The summed E-state index contributed by atoms with van der Waals surface area (Å²) in [5.74, 6) is 1.14. The molecule has 0 aliphatic heterocycles. The van der Waals surface area contributed by atoms with E-state index in [1.165, 1.54) is 0 Å². The Hall–Kier alpha value is -0.730. The molecule has 0 aliphatic carbocycles. The maximum absolute atomic E-state index is 9.28. The number of ether oxygens (including phenoxy) is 1. The lowest BCUT2D eigenvalue weighted by Gasteiger charge is -2.15. The molecule has 1 N–H and O–H groups in total. The van der Waals surface area contributed by atoms with Gasteiger partial charge in [0.05, 0.1) is 7.11 Å². The van der Waals surface area contributed by atoms with Crippen LogP contribution in [0.4, 0.5) is 0 Å². The molecule has 90 valence electrons. The summed E-state index contributed by atoms with van der Waals surface area (Å²) in [7, 11) is 1.65. The molecule has 0 amide bonds. The van der Waals surface area contributed by atoms with Gasteiger partial charge in [0.1, 0.15) is 5.75 Å². The zero-order valence-corrected chi connectivity index (χ0v) is 10.6. The zero-order chi connectivity index (χ0) is 12.0. The minimum atomic E-state index is 0.212. The van der Waals surface area contributed by atoms with Crippen molar-refractivity contribution in [3.05, 3.63) is 28.8 Å². The van der Waals surface area contributed by atoms with Gasteiger partial charge in [-0.2, -0.15) is 0 Å². The summed E-state index contributed by atoms with van der Waals surface area (Å²) in [5, 5.41) is 9.99. The van der Waals surface area contributed by atoms with Gasteiger partial charge in [0.2, 0.25) is 0 Å². The maximum atomic E-state index is 9.28. The molecule has 0 radical (unpaired) electrons. The first kappa shape index (κ1) is 13.3. The van der Waals surface area contributed by atoms with Crippen molar-refractivity contribution in [3.63, 3.8) is 0 Å². The minimum Gasteiger partial charge on any atom is -0.496 e. The van der Waals surface area contributed by atoms with Crippen LogP contribution in [0.3, 0.4) is 0 Å². The summed E-state index contributed by atoms with van der Waals surface area (Å²) in [6, 6.07) is 5.61. The van der Waals surface area contributed by atoms with Crippen LogP contribution in [0.1, 0.15) is 25.3 Å². The smallest absolute Gasteiger partial charge is 0.122 e. The Kier molecular flexibility index (Phi) is 5.64. The summed E-state index contributed by atoms with van der Waals surface area (Å²) in [6.45, 7) is 2.33. The van der Waals surface area contributed by atoms with Crippen LogP contribution in [0, 0.1) is 5.92 Å². The van der Waals surface area contributed by atoms with Crippen molar-refractivity contribution < 1.29 is 9.84 Å². The Bertz CT molecular complexity index is 326. The lowest BCUT2D eigenvalue weighted by Crippen LogP contribution is -2.10. The van der Waals surface area contributed by atoms with Crippen LogP contribution in [-0.4, -0.2) is 18.8 Å². The fourth-order valence-corrected chi connectivity index (χ4v) is 2.08. The van der Waals surface area contributed by atoms with Gasteiger partial charge in [0, 0.05) is 11.6 Å². The Balaban J connectivity index is 2.80. The molecular formula is C13H19ClO2. The molecule has 0 heterocycles. The maximum Gasteiger partial charge on any atom is 0.122 e. The third kappa shape index (κ3) is 3.69. The largest absolute Gasteiger partial charge is 0.496 e. The van der Waals surface area contributed by atoms with Gasteiger partial charge in [-0.1, -0.05) is 24.9 Å². The highest BCUT2D eigenvalue weighted by Crippen LogP contribution is 2.26. The van der Waals surface area contributed by atoms with Crippen LogP contribution in [0.15, 0.2) is 18.2 Å². The van der Waals surface area contributed by atoms with E-state index in [9.17, 15) is 5.11 Å².